The lowest BCUT2D eigenvalue weighted by Gasteiger charge is -2.21. The van der Waals surface area contributed by atoms with Gasteiger partial charge in [-0.1, -0.05) is 6.07 Å². The fraction of sp³-hybridized carbons (Fsp3) is 0.211. The third kappa shape index (κ3) is 5.63. The van der Waals surface area contributed by atoms with Crippen LogP contribution in [0.4, 0.5) is 18.9 Å². The van der Waals surface area contributed by atoms with E-state index in [0.29, 0.717) is 18.4 Å². The van der Waals surface area contributed by atoms with E-state index in [1.807, 2.05) is 17.5 Å². The molecule has 0 radical (unpaired) electrons. The molecule has 0 N–H and O–H groups in total. The number of thioether (sulfide) groups is 1. The van der Waals surface area contributed by atoms with E-state index < -0.39 is 22.4 Å². The summed E-state index contributed by atoms with van der Waals surface area (Å²) >= 11 is 2.31. The van der Waals surface area contributed by atoms with Gasteiger partial charge in [0.25, 0.3) is 5.69 Å². The number of nitro groups is 1. The number of thiophene rings is 1. The molecule has 0 bridgehead atoms. The van der Waals surface area contributed by atoms with Gasteiger partial charge in [0.1, 0.15) is 5.76 Å². The first-order chi connectivity index (χ1) is 14.2. The van der Waals surface area contributed by atoms with Crippen LogP contribution in [0.5, 0.6) is 0 Å². The Bertz CT molecular complexity index is 969. The fourth-order valence-corrected chi connectivity index (χ4v) is 4.23. The van der Waals surface area contributed by atoms with Crippen LogP contribution in [0.3, 0.4) is 0 Å². The van der Waals surface area contributed by atoms with Crippen molar-refractivity contribution in [1.29, 1.82) is 0 Å². The zero-order valence-corrected chi connectivity index (χ0v) is 16.9. The number of hydrogen-bond donors (Lipinski definition) is 0. The summed E-state index contributed by atoms with van der Waals surface area (Å²) in [5.41, 5.74) is -1.79. The van der Waals surface area contributed by atoms with Gasteiger partial charge in [0.15, 0.2) is 0 Å². The SMILES string of the molecule is O=C(CSc1ccc(C(F)(F)F)cc1[N+](=O)[O-])N(Cc1ccco1)Cc1cccs1. The average Bonchev–Trinajstić information content (AvgIpc) is 3.38. The molecular formula is C19H15F3N2O4S2. The summed E-state index contributed by atoms with van der Waals surface area (Å²) in [5.74, 6) is 0.0857. The van der Waals surface area contributed by atoms with E-state index in [0.717, 1.165) is 28.8 Å². The van der Waals surface area contributed by atoms with Crippen LogP contribution in [0.1, 0.15) is 16.2 Å². The molecule has 1 amide bonds. The summed E-state index contributed by atoms with van der Waals surface area (Å²) in [5, 5.41) is 13.1. The quantitative estimate of drug-likeness (QED) is 0.251. The maximum Gasteiger partial charge on any atom is 0.416 e. The Balaban J connectivity index is 1.75. The van der Waals surface area contributed by atoms with Crippen LogP contribution in [0.2, 0.25) is 0 Å². The van der Waals surface area contributed by atoms with Crippen molar-refractivity contribution in [3.63, 3.8) is 0 Å². The lowest BCUT2D eigenvalue weighted by Crippen LogP contribution is -2.31. The van der Waals surface area contributed by atoms with Gasteiger partial charge in [0, 0.05) is 10.9 Å². The summed E-state index contributed by atoms with van der Waals surface area (Å²) in [6, 6.07) is 9.43. The van der Waals surface area contributed by atoms with Gasteiger partial charge in [-0.3, -0.25) is 14.9 Å². The minimum Gasteiger partial charge on any atom is -0.467 e. The Hall–Kier alpha value is -2.79. The number of furan rings is 1. The molecule has 0 saturated heterocycles. The van der Waals surface area contributed by atoms with Crippen LogP contribution in [0.15, 0.2) is 63.4 Å². The van der Waals surface area contributed by atoms with E-state index in [4.69, 9.17) is 4.42 Å². The number of carbonyl (C=O) groups is 1. The van der Waals surface area contributed by atoms with E-state index in [2.05, 4.69) is 0 Å². The maximum absolute atomic E-state index is 12.8. The standard InChI is InChI=1S/C19H15F3N2O4S2/c20-19(21,22)13-5-6-17(16(9-13)24(26)27)30-12-18(25)23(10-14-3-1-7-28-14)11-15-4-2-8-29-15/h1-9H,10-12H2. The monoisotopic (exact) mass is 456 g/mol. The molecule has 0 aliphatic heterocycles. The lowest BCUT2D eigenvalue weighted by molar-refractivity contribution is -0.388. The predicted molar refractivity (Wildman–Crippen MR) is 106 cm³/mol. The average molecular weight is 456 g/mol. The number of alkyl halides is 3. The highest BCUT2D eigenvalue weighted by Gasteiger charge is 2.33. The minimum absolute atomic E-state index is 0.00424. The molecule has 6 nitrogen and oxygen atoms in total. The summed E-state index contributed by atoms with van der Waals surface area (Å²) in [4.78, 5) is 25.6. The first kappa shape index (κ1) is 21.9. The van der Waals surface area contributed by atoms with E-state index in [1.54, 1.807) is 12.1 Å². The molecule has 0 fully saturated rings. The minimum atomic E-state index is -4.69. The highest BCUT2D eigenvalue weighted by atomic mass is 32.2. The normalized spacial score (nSPS) is 11.4. The zero-order chi connectivity index (χ0) is 21.7. The van der Waals surface area contributed by atoms with Gasteiger partial charge in [-0.25, -0.2) is 0 Å². The molecule has 0 saturated carbocycles. The Morgan fingerprint density at radius 1 is 1.20 bits per heavy atom. The molecule has 0 spiro atoms. The Labute approximate surface area is 177 Å². The largest absolute Gasteiger partial charge is 0.467 e. The topological polar surface area (TPSA) is 76.6 Å². The van der Waals surface area contributed by atoms with Crippen molar-refractivity contribution in [3.8, 4) is 0 Å². The van der Waals surface area contributed by atoms with Crippen molar-refractivity contribution in [1.82, 2.24) is 4.90 Å². The van der Waals surface area contributed by atoms with E-state index >= 15 is 0 Å². The van der Waals surface area contributed by atoms with Crippen molar-refractivity contribution in [2.75, 3.05) is 5.75 Å². The van der Waals surface area contributed by atoms with E-state index in [9.17, 15) is 28.1 Å². The number of benzene rings is 1. The van der Waals surface area contributed by atoms with Crippen molar-refractivity contribution < 1.29 is 27.3 Å². The van der Waals surface area contributed by atoms with Crippen LogP contribution in [0.25, 0.3) is 0 Å². The third-order valence-corrected chi connectivity index (χ3v) is 5.95. The molecule has 2 aromatic heterocycles. The van der Waals surface area contributed by atoms with Gasteiger partial charge in [-0.15, -0.1) is 23.1 Å². The first-order valence-electron chi connectivity index (χ1n) is 8.55. The van der Waals surface area contributed by atoms with Crippen molar-refractivity contribution in [2.45, 2.75) is 24.2 Å². The molecule has 3 aromatic rings. The maximum atomic E-state index is 12.8. The molecular weight excluding hydrogens is 441 g/mol. The van der Waals surface area contributed by atoms with Gasteiger partial charge in [0.05, 0.1) is 40.5 Å². The second-order valence-corrected chi connectivity index (χ2v) is 8.18. The second kappa shape index (κ2) is 9.35. The summed E-state index contributed by atoms with van der Waals surface area (Å²) in [6.45, 7) is 0.534. The highest BCUT2D eigenvalue weighted by Crippen LogP contribution is 2.36. The van der Waals surface area contributed by atoms with E-state index in [1.165, 1.54) is 22.5 Å². The Morgan fingerprint density at radius 3 is 2.60 bits per heavy atom. The first-order valence-corrected chi connectivity index (χ1v) is 10.4. The molecule has 0 aliphatic carbocycles. The van der Waals surface area contributed by atoms with Crippen molar-refractivity contribution in [3.05, 3.63) is 80.4 Å². The zero-order valence-electron chi connectivity index (χ0n) is 15.3. The van der Waals surface area contributed by atoms with Crippen LogP contribution in [-0.2, 0) is 24.1 Å². The smallest absolute Gasteiger partial charge is 0.416 e. The highest BCUT2D eigenvalue weighted by molar-refractivity contribution is 8.00. The van der Waals surface area contributed by atoms with Crippen LogP contribution in [0, 0.1) is 10.1 Å². The number of hydrogen-bond acceptors (Lipinski definition) is 6. The molecule has 0 aliphatic rings. The van der Waals surface area contributed by atoms with Gasteiger partial charge in [0.2, 0.25) is 5.91 Å². The molecule has 1 aromatic carbocycles. The van der Waals surface area contributed by atoms with Gasteiger partial charge < -0.3 is 9.32 Å². The number of carbonyl (C=O) groups excluding carboxylic acids is 1. The molecule has 11 heteroatoms. The number of amides is 1. The summed E-state index contributed by atoms with van der Waals surface area (Å²) in [6.07, 6.45) is -3.20. The van der Waals surface area contributed by atoms with Gasteiger partial charge in [-0.2, -0.15) is 13.2 Å². The molecule has 2 heterocycles. The Morgan fingerprint density at radius 2 is 2.00 bits per heavy atom. The number of rotatable bonds is 8. The Kier molecular flexibility index (Phi) is 6.83. The molecule has 3 rings (SSSR count). The fourth-order valence-electron chi connectivity index (χ4n) is 2.60. The molecule has 158 valence electrons. The van der Waals surface area contributed by atoms with E-state index in [-0.39, 0.29) is 23.1 Å². The van der Waals surface area contributed by atoms with Crippen LogP contribution in [-0.4, -0.2) is 21.5 Å². The van der Waals surface area contributed by atoms with Crippen molar-refractivity contribution >= 4 is 34.7 Å². The number of nitrogens with zero attached hydrogens (tertiary/aromatic N) is 2. The summed E-state index contributed by atoms with van der Waals surface area (Å²) < 4.78 is 43.8. The van der Waals surface area contributed by atoms with Gasteiger partial charge >= 0.3 is 6.18 Å². The third-order valence-electron chi connectivity index (χ3n) is 4.04. The number of nitro benzene ring substituents is 1. The second-order valence-electron chi connectivity index (χ2n) is 6.13. The van der Waals surface area contributed by atoms with Crippen LogP contribution < -0.4 is 0 Å². The lowest BCUT2D eigenvalue weighted by atomic mass is 10.2. The number of halogens is 3. The molecule has 30 heavy (non-hydrogen) atoms. The predicted octanol–water partition coefficient (Wildman–Crippen LogP) is 5.59. The summed E-state index contributed by atoms with van der Waals surface area (Å²) in [7, 11) is 0. The van der Waals surface area contributed by atoms with Crippen LogP contribution >= 0.6 is 23.1 Å². The van der Waals surface area contributed by atoms with Gasteiger partial charge in [-0.05, 0) is 35.7 Å². The molecule has 0 atom stereocenters. The van der Waals surface area contributed by atoms with Crippen molar-refractivity contribution in [2.24, 2.45) is 0 Å². The molecule has 0 unspecified atom stereocenters.